The van der Waals surface area contributed by atoms with Crippen LogP contribution in [0.3, 0.4) is 0 Å². The predicted molar refractivity (Wildman–Crippen MR) is 72.2 cm³/mol. The van der Waals surface area contributed by atoms with Crippen LogP contribution in [0.25, 0.3) is 0 Å². The average Bonchev–Trinajstić information content (AvgIpc) is 2.69. The Balaban J connectivity index is 2.21. The number of alkyl halides is 3. The Labute approximate surface area is 122 Å². The van der Waals surface area contributed by atoms with Gasteiger partial charge in [0.2, 0.25) is 0 Å². The van der Waals surface area contributed by atoms with Gasteiger partial charge in [-0.25, -0.2) is 4.98 Å². The van der Waals surface area contributed by atoms with E-state index in [1.165, 1.54) is 11.7 Å². The lowest BCUT2D eigenvalue weighted by Crippen LogP contribution is -2.13. The van der Waals surface area contributed by atoms with Crippen LogP contribution >= 0.6 is 15.9 Å². The normalized spacial score (nSPS) is 11.7. The zero-order valence-corrected chi connectivity index (χ0v) is 12.4. The molecule has 0 unspecified atom stereocenters. The molecule has 0 radical (unpaired) electrons. The first-order valence-corrected chi connectivity index (χ1v) is 6.52. The molecule has 1 N–H and O–H groups in total. The molecule has 0 atom stereocenters. The van der Waals surface area contributed by atoms with Crippen LogP contribution in [-0.2, 0) is 19.8 Å². The summed E-state index contributed by atoms with van der Waals surface area (Å²) in [5, 5.41) is 6.53. The van der Waals surface area contributed by atoms with Crippen molar-refractivity contribution >= 4 is 21.7 Å². The minimum atomic E-state index is -4.41. The number of aromatic nitrogens is 3. The SMILES string of the molecule is Cc1cnc(NCc2c(C(F)(F)F)cnn2C)c(Br)c1. The topological polar surface area (TPSA) is 42.7 Å². The monoisotopic (exact) mass is 348 g/mol. The van der Waals surface area contributed by atoms with Crippen molar-refractivity contribution < 1.29 is 13.2 Å². The largest absolute Gasteiger partial charge is 0.419 e. The fourth-order valence-corrected chi connectivity index (χ4v) is 2.34. The van der Waals surface area contributed by atoms with Crippen LogP contribution in [0.1, 0.15) is 16.8 Å². The maximum Gasteiger partial charge on any atom is 0.419 e. The van der Waals surface area contributed by atoms with Crippen molar-refractivity contribution in [1.82, 2.24) is 14.8 Å². The van der Waals surface area contributed by atoms with E-state index >= 15 is 0 Å². The van der Waals surface area contributed by atoms with E-state index in [2.05, 4.69) is 31.3 Å². The van der Waals surface area contributed by atoms with Crippen LogP contribution in [-0.4, -0.2) is 14.8 Å². The zero-order chi connectivity index (χ0) is 14.9. The predicted octanol–water partition coefficient (Wildman–Crippen LogP) is 3.52. The van der Waals surface area contributed by atoms with Gasteiger partial charge in [-0.1, -0.05) is 0 Å². The summed E-state index contributed by atoms with van der Waals surface area (Å²) in [6.45, 7) is 1.87. The van der Waals surface area contributed by atoms with Crippen molar-refractivity contribution in [3.63, 3.8) is 0 Å². The Morgan fingerprint density at radius 3 is 2.65 bits per heavy atom. The molecule has 2 rings (SSSR count). The molecule has 20 heavy (non-hydrogen) atoms. The van der Waals surface area contributed by atoms with Gasteiger partial charge in [-0.15, -0.1) is 0 Å². The van der Waals surface area contributed by atoms with E-state index < -0.39 is 11.7 Å². The van der Waals surface area contributed by atoms with Crippen molar-refractivity contribution in [3.8, 4) is 0 Å². The second kappa shape index (κ2) is 5.43. The Kier molecular flexibility index (Phi) is 4.03. The van der Waals surface area contributed by atoms with Crippen molar-refractivity contribution in [2.24, 2.45) is 7.05 Å². The number of rotatable bonds is 3. The van der Waals surface area contributed by atoms with Crippen LogP contribution in [0.15, 0.2) is 22.9 Å². The lowest BCUT2D eigenvalue weighted by molar-refractivity contribution is -0.138. The number of pyridine rings is 1. The zero-order valence-electron chi connectivity index (χ0n) is 10.8. The fourth-order valence-electron chi connectivity index (χ4n) is 1.74. The van der Waals surface area contributed by atoms with Gasteiger partial charge in [-0.2, -0.15) is 18.3 Å². The molecular weight excluding hydrogens is 337 g/mol. The first kappa shape index (κ1) is 14.8. The summed E-state index contributed by atoms with van der Waals surface area (Å²) >= 11 is 3.32. The summed E-state index contributed by atoms with van der Waals surface area (Å²) in [5.41, 5.74) is 0.279. The molecule has 0 aliphatic carbocycles. The second-order valence-electron chi connectivity index (χ2n) is 4.32. The summed E-state index contributed by atoms with van der Waals surface area (Å²) < 4.78 is 40.3. The molecule has 0 spiro atoms. The molecule has 0 amide bonds. The number of halogens is 4. The Morgan fingerprint density at radius 1 is 1.35 bits per heavy atom. The number of aryl methyl sites for hydroxylation is 2. The smallest absolute Gasteiger partial charge is 0.363 e. The number of hydrogen-bond acceptors (Lipinski definition) is 3. The van der Waals surface area contributed by atoms with Gasteiger partial charge in [-0.3, -0.25) is 4.68 Å². The highest BCUT2D eigenvalue weighted by Crippen LogP contribution is 2.32. The fraction of sp³-hybridized carbons (Fsp3) is 0.333. The van der Waals surface area contributed by atoms with Crippen molar-refractivity contribution in [2.45, 2.75) is 19.6 Å². The van der Waals surface area contributed by atoms with Gasteiger partial charge < -0.3 is 5.32 Å². The molecule has 0 aliphatic rings. The number of hydrogen-bond donors (Lipinski definition) is 1. The molecule has 0 bridgehead atoms. The lowest BCUT2D eigenvalue weighted by Gasteiger charge is -2.11. The Bertz CT molecular complexity index is 622. The minimum Gasteiger partial charge on any atom is -0.363 e. The van der Waals surface area contributed by atoms with Gasteiger partial charge in [-0.05, 0) is 34.5 Å². The summed E-state index contributed by atoms with van der Waals surface area (Å²) in [5.74, 6) is 0.491. The molecule has 0 saturated carbocycles. The van der Waals surface area contributed by atoms with Crippen LogP contribution in [0.2, 0.25) is 0 Å². The van der Waals surface area contributed by atoms with Gasteiger partial charge in [0, 0.05) is 13.2 Å². The molecule has 108 valence electrons. The summed E-state index contributed by atoms with van der Waals surface area (Å²) in [6.07, 6.45) is -1.95. The molecule has 2 aromatic rings. The van der Waals surface area contributed by atoms with E-state index in [1.807, 2.05) is 13.0 Å². The minimum absolute atomic E-state index is 0.0139. The molecular formula is C12H12BrF3N4. The highest BCUT2D eigenvalue weighted by Gasteiger charge is 2.35. The van der Waals surface area contributed by atoms with E-state index in [9.17, 15) is 13.2 Å². The maximum absolute atomic E-state index is 12.8. The van der Waals surface area contributed by atoms with E-state index in [0.717, 1.165) is 11.8 Å². The summed E-state index contributed by atoms with van der Waals surface area (Å²) in [6, 6.07) is 1.84. The van der Waals surface area contributed by atoms with Crippen LogP contribution in [0.5, 0.6) is 0 Å². The molecule has 0 aromatic carbocycles. The maximum atomic E-state index is 12.8. The second-order valence-corrected chi connectivity index (χ2v) is 5.18. The third-order valence-corrected chi connectivity index (χ3v) is 3.37. The van der Waals surface area contributed by atoms with Crippen molar-refractivity contribution in [1.29, 1.82) is 0 Å². The van der Waals surface area contributed by atoms with Gasteiger partial charge in [0.1, 0.15) is 5.82 Å². The molecule has 8 heteroatoms. The van der Waals surface area contributed by atoms with Crippen LogP contribution in [0.4, 0.5) is 19.0 Å². The molecule has 0 fully saturated rings. The van der Waals surface area contributed by atoms with Gasteiger partial charge in [0.15, 0.2) is 0 Å². The molecule has 4 nitrogen and oxygen atoms in total. The highest BCUT2D eigenvalue weighted by atomic mass is 79.9. The van der Waals surface area contributed by atoms with E-state index in [4.69, 9.17) is 0 Å². The first-order chi connectivity index (χ1) is 9.29. The van der Waals surface area contributed by atoms with Gasteiger partial charge in [0.25, 0.3) is 0 Å². The van der Waals surface area contributed by atoms with Gasteiger partial charge in [0.05, 0.1) is 28.5 Å². The van der Waals surface area contributed by atoms with E-state index in [-0.39, 0.29) is 12.2 Å². The number of anilines is 1. The van der Waals surface area contributed by atoms with Crippen LogP contribution < -0.4 is 5.32 Å². The molecule has 0 aliphatic heterocycles. The third kappa shape index (κ3) is 3.12. The van der Waals surface area contributed by atoms with E-state index in [0.29, 0.717) is 10.3 Å². The molecule has 2 aromatic heterocycles. The molecule has 0 saturated heterocycles. The third-order valence-electron chi connectivity index (χ3n) is 2.77. The van der Waals surface area contributed by atoms with E-state index in [1.54, 1.807) is 6.20 Å². The summed E-state index contributed by atoms with van der Waals surface area (Å²) in [7, 11) is 1.48. The van der Waals surface area contributed by atoms with Crippen LogP contribution in [0, 0.1) is 6.92 Å². The summed E-state index contributed by atoms with van der Waals surface area (Å²) in [4.78, 5) is 4.13. The van der Waals surface area contributed by atoms with Crippen molar-refractivity contribution in [3.05, 3.63) is 39.8 Å². The van der Waals surface area contributed by atoms with Gasteiger partial charge >= 0.3 is 6.18 Å². The average molecular weight is 349 g/mol. The number of nitrogens with zero attached hydrogens (tertiary/aromatic N) is 3. The van der Waals surface area contributed by atoms with Crippen molar-refractivity contribution in [2.75, 3.05) is 5.32 Å². The lowest BCUT2D eigenvalue weighted by atomic mass is 10.2. The highest BCUT2D eigenvalue weighted by molar-refractivity contribution is 9.10. The first-order valence-electron chi connectivity index (χ1n) is 5.73. The molecule has 2 heterocycles. The Hall–Kier alpha value is -1.57. The standard InChI is InChI=1S/C12H12BrF3N4/c1-7-3-9(13)11(17-4-7)18-6-10-8(12(14,15)16)5-19-20(10)2/h3-5H,6H2,1-2H3,(H,17,18). The number of nitrogens with one attached hydrogen (secondary N) is 1. The quantitative estimate of drug-likeness (QED) is 0.922. The Morgan fingerprint density at radius 2 is 2.05 bits per heavy atom.